The molecule has 0 radical (unpaired) electrons. The largest absolute Gasteiger partial charge is 0.417 e. The first-order valence-electron chi connectivity index (χ1n) is 10.7. The number of imidazole rings is 1. The number of alkyl halides is 3. The van der Waals surface area contributed by atoms with Gasteiger partial charge < -0.3 is 20.8 Å². The molecule has 0 bridgehead atoms. The number of nitrogens with zero attached hydrogens (tertiary/aromatic N) is 6. The van der Waals surface area contributed by atoms with E-state index in [2.05, 4.69) is 24.8 Å². The van der Waals surface area contributed by atoms with Gasteiger partial charge in [0, 0.05) is 44.8 Å². The molecule has 5 rings (SSSR count). The van der Waals surface area contributed by atoms with E-state index in [0.29, 0.717) is 23.2 Å². The first-order chi connectivity index (χ1) is 16.4. The number of fused-ring (bicyclic) bond motifs is 1. The van der Waals surface area contributed by atoms with E-state index in [1.165, 1.54) is 28.9 Å². The number of hydrogen-bond donors (Lipinski definition) is 2. The van der Waals surface area contributed by atoms with E-state index < -0.39 is 11.7 Å². The minimum absolute atomic E-state index is 0.351. The molecule has 34 heavy (non-hydrogen) atoms. The number of piperazine rings is 1. The van der Waals surface area contributed by atoms with Gasteiger partial charge in [0.2, 0.25) is 0 Å². The van der Waals surface area contributed by atoms with Crippen LogP contribution in [0, 0.1) is 5.41 Å². The Morgan fingerprint density at radius 3 is 2.44 bits per heavy atom. The Morgan fingerprint density at radius 2 is 1.85 bits per heavy atom. The summed E-state index contributed by atoms with van der Waals surface area (Å²) < 4.78 is 45.9. The van der Waals surface area contributed by atoms with Crippen molar-refractivity contribution in [2.24, 2.45) is 5.73 Å². The molecular weight excluding hydrogens is 449 g/mol. The normalized spacial score (nSPS) is 17.4. The van der Waals surface area contributed by atoms with E-state index in [1.54, 1.807) is 6.20 Å². The van der Waals surface area contributed by atoms with Crippen LogP contribution in [0.15, 0.2) is 49.1 Å². The summed E-state index contributed by atoms with van der Waals surface area (Å²) >= 11 is 0. The molecule has 12 heteroatoms. The lowest BCUT2D eigenvalue weighted by molar-refractivity contribution is -0.137. The number of nitrogens with two attached hydrogens (primary N) is 1. The second-order valence-electron chi connectivity index (χ2n) is 7.79. The number of halogens is 3. The van der Waals surface area contributed by atoms with Crippen molar-refractivity contribution < 1.29 is 17.9 Å². The van der Waals surface area contributed by atoms with Gasteiger partial charge in [0.1, 0.15) is 17.2 Å². The standard InChI is InChI=1S/C19H19F3N6O.C3H6N2/c20-19(21,22)13-1-2-16-24-9-15(28(16)10-13)18-23-4-3-17(25-18)27-7-5-26(6-8-27)14-11-29-12-14;4-2-1-3-5/h1-4,9-10,14H,5-8,11-12H2;1-4H,5H2/b;3-1-,4-2?. The average molecular weight is 474 g/mol. The summed E-state index contributed by atoms with van der Waals surface area (Å²) in [4.78, 5) is 17.7. The summed E-state index contributed by atoms with van der Waals surface area (Å²) in [6.07, 6.45) is 3.63. The van der Waals surface area contributed by atoms with Crippen LogP contribution in [-0.2, 0) is 10.9 Å². The quantitative estimate of drug-likeness (QED) is 0.559. The second kappa shape index (κ2) is 10.2. The third-order valence-corrected chi connectivity index (χ3v) is 5.69. The molecule has 0 spiro atoms. The van der Waals surface area contributed by atoms with Gasteiger partial charge in [-0.25, -0.2) is 15.0 Å². The minimum atomic E-state index is -4.43. The van der Waals surface area contributed by atoms with Crippen molar-refractivity contribution in [1.82, 2.24) is 24.3 Å². The first-order valence-corrected chi connectivity index (χ1v) is 10.7. The summed E-state index contributed by atoms with van der Waals surface area (Å²) in [5.74, 6) is 1.12. The van der Waals surface area contributed by atoms with Gasteiger partial charge in [0.15, 0.2) is 5.82 Å². The number of ether oxygens (including phenoxy) is 1. The topological polar surface area (TPSA) is 109 Å². The van der Waals surface area contributed by atoms with Crippen molar-refractivity contribution in [2.75, 3.05) is 44.3 Å². The van der Waals surface area contributed by atoms with Crippen LogP contribution in [0.4, 0.5) is 19.0 Å². The van der Waals surface area contributed by atoms with Crippen molar-refractivity contribution in [3.63, 3.8) is 0 Å². The van der Waals surface area contributed by atoms with E-state index in [-0.39, 0.29) is 0 Å². The van der Waals surface area contributed by atoms with E-state index in [1.807, 2.05) is 6.07 Å². The lowest BCUT2D eigenvalue weighted by Crippen LogP contribution is -2.56. The van der Waals surface area contributed by atoms with Crippen LogP contribution >= 0.6 is 0 Å². The van der Waals surface area contributed by atoms with Crippen molar-refractivity contribution in [3.05, 3.63) is 54.6 Å². The summed E-state index contributed by atoms with van der Waals surface area (Å²) in [7, 11) is 0. The third kappa shape index (κ3) is 5.18. The molecular formula is C22H25F3N8O. The predicted molar refractivity (Wildman–Crippen MR) is 122 cm³/mol. The zero-order valence-corrected chi connectivity index (χ0v) is 18.3. The molecule has 2 aliphatic rings. The Labute approximate surface area is 194 Å². The monoisotopic (exact) mass is 474 g/mol. The highest BCUT2D eigenvalue weighted by molar-refractivity contribution is 5.67. The van der Waals surface area contributed by atoms with Gasteiger partial charge in [-0.05, 0) is 30.5 Å². The van der Waals surface area contributed by atoms with Crippen molar-refractivity contribution in [1.29, 1.82) is 5.41 Å². The van der Waals surface area contributed by atoms with E-state index >= 15 is 0 Å². The predicted octanol–water partition coefficient (Wildman–Crippen LogP) is 2.44. The minimum Gasteiger partial charge on any atom is -0.405 e. The summed E-state index contributed by atoms with van der Waals surface area (Å²) in [6.45, 7) is 5.12. The molecule has 0 atom stereocenters. The Hall–Kier alpha value is -3.51. The molecule has 2 saturated heterocycles. The van der Waals surface area contributed by atoms with Gasteiger partial charge >= 0.3 is 6.18 Å². The Bertz CT molecular complexity index is 1150. The number of anilines is 1. The SMILES string of the molecule is FC(F)(F)c1ccc2ncc(-c3nccc(N4CCN(C5COC5)CC4)n3)n2c1.N=C/C=C\N. The molecule has 0 aliphatic carbocycles. The van der Waals surface area contributed by atoms with Crippen molar-refractivity contribution >= 4 is 17.7 Å². The maximum atomic E-state index is 13.1. The Morgan fingerprint density at radius 1 is 1.09 bits per heavy atom. The number of aromatic nitrogens is 4. The summed E-state index contributed by atoms with van der Waals surface area (Å²) in [5.41, 5.74) is 4.91. The molecule has 3 N–H and O–H groups in total. The number of nitrogens with one attached hydrogen (secondary N) is 1. The van der Waals surface area contributed by atoms with Gasteiger partial charge in [-0.3, -0.25) is 9.30 Å². The van der Waals surface area contributed by atoms with Crippen LogP contribution in [0.3, 0.4) is 0 Å². The molecule has 9 nitrogen and oxygen atoms in total. The molecule has 3 aromatic rings. The highest BCUT2D eigenvalue weighted by Crippen LogP contribution is 2.30. The van der Waals surface area contributed by atoms with Crippen molar-refractivity contribution in [3.8, 4) is 11.5 Å². The highest BCUT2D eigenvalue weighted by Gasteiger charge is 2.31. The molecule has 3 aromatic heterocycles. The number of rotatable bonds is 4. The molecule has 2 aliphatic heterocycles. The van der Waals surface area contributed by atoms with E-state index in [9.17, 15) is 13.2 Å². The Kier molecular flexibility index (Phi) is 7.08. The maximum Gasteiger partial charge on any atom is 0.417 e. The van der Waals surface area contributed by atoms with Crippen molar-refractivity contribution in [2.45, 2.75) is 12.2 Å². The van der Waals surface area contributed by atoms with E-state index in [0.717, 1.165) is 63.7 Å². The zero-order valence-electron chi connectivity index (χ0n) is 18.3. The number of hydrogen-bond acceptors (Lipinski definition) is 8. The van der Waals surface area contributed by atoms with Gasteiger partial charge in [-0.2, -0.15) is 13.2 Å². The fourth-order valence-corrected chi connectivity index (χ4v) is 3.77. The molecule has 5 heterocycles. The van der Waals surface area contributed by atoms with Crippen LogP contribution in [0.25, 0.3) is 17.2 Å². The van der Waals surface area contributed by atoms with Crippen LogP contribution in [-0.4, -0.2) is 75.9 Å². The smallest absolute Gasteiger partial charge is 0.405 e. The Balaban J connectivity index is 0.000000499. The first kappa shape index (κ1) is 23.6. The fraction of sp³-hybridized carbons (Fsp3) is 0.364. The van der Waals surface area contributed by atoms with Crippen LogP contribution in [0.1, 0.15) is 5.56 Å². The van der Waals surface area contributed by atoms with Gasteiger partial charge in [-0.1, -0.05) is 0 Å². The van der Waals surface area contributed by atoms with E-state index in [4.69, 9.17) is 15.9 Å². The lowest BCUT2D eigenvalue weighted by Gasteiger charge is -2.42. The van der Waals surface area contributed by atoms with Crippen LogP contribution in [0.5, 0.6) is 0 Å². The van der Waals surface area contributed by atoms with Crippen LogP contribution < -0.4 is 10.6 Å². The highest BCUT2D eigenvalue weighted by atomic mass is 19.4. The number of allylic oxidation sites excluding steroid dienone is 1. The lowest BCUT2D eigenvalue weighted by atomic mass is 10.2. The molecule has 180 valence electrons. The zero-order chi connectivity index (χ0) is 24.1. The van der Waals surface area contributed by atoms with Crippen LogP contribution in [0.2, 0.25) is 0 Å². The van der Waals surface area contributed by atoms with Gasteiger partial charge in [0.25, 0.3) is 0 Å². The number of pyridine rings is 1. The van der Waals surface area contributed by atoms with Gasteiger partial charge in [-0.15, -0.1) is 0 Å². The fourth-order valence-electron chi connectivity index (χ4n) is 3.77. The molecule has 0 unspecified atom stereocenters. The third-order valence-electron chi connectivity index (χ3n) is 5.69. The second-order valence-corrected chi connectivity index (χ2v) is 7.79. The molecule has 0 saturated carbocycles. The molecule has 0 amide bonds. The average Bonchev–Trinajstić information content (AvgIpc) is 3.22. The van der Waals surface area contributed by atoms with Gasteiger partial charge in [0.05, 0.1) is 31.0 Å². The molecule has 0 aromatic carbocycles. The summed E-state index contributed by atoms with van der Waals surface area (Å²) in [6, 6.07) is 4.71. The molecule has 2 fully saturated rings. The summed E-state index contributed by atoms with van der Waals surface area (Å²) in [5, 5.41) is 6.31. The maximum absolute atomic E-state index is 13.1.